The van der Waals surface area contributed by atoms with Crippen molar-refractivity contribution in [2.75, 3.05) is 26.2 Å². The summed E-state index contributed by atoms with van der Waals surface area (Å²) in [6, 6.07) is 4.14. The summed E-state index contributed by atoms with van der Waals surface area (Å²) in [7, 11) is 0. The smallest absolute Gasteiger partial charge is 0.139 e. The van der Waals surface area contributed by atoms with Gasteiger partial charge in [-0.05, 0) is 18.6 Å². The molecule has 0 bridgehead atoms. The molecule has 19 heavy (non-hydrogen) atoms. The van der Waals surface area contributed by atoms with Crippen molar-refractivity contribution in [1.29, 1.82) is 0 Å². The van der Waals surface area contributed by atoms with Gasteiger partial charge in [0.1, 0.15) is 5.65 Å². The van der Waals surface area contributed by atoms with Crippen LogP contribution in [0.3, 0.4) is 0 Å². The molecule has 102 valence electrons. The molecule has 0 aliphatic carbocycles. The fourth-order valence-electron chi connectivity index (χ4n) is 2.58. The monoisotopic (exact) mass is 260 g/mol. The van der Waals surface area contributed by atoms with Gasteiger partial charge in [0.2, 0.25) is 0 Å². The lowest BCUT2D eigenvalue weighted by molar-refractivity contribution is -0.0263. The van der Waals surface area contributed by atoms with Crippen LogP contribution in [-0.2, 0) is 11.3 Å². The van der Waals surface area contributed by atoms with Gasteiger partial charge in [-0.15, -0.1) is 0 Å². The Bertz CT molecular complexity index is 566. The Kier molecular flexibility index (Phi) is 3.50. The third-order valence-corrected chi connectivity index (χ3v) is 3.60. The van der Waals surface area contributed by atoms with Crippen molar-refractivity contribution in [3.63, 3.8) is 0 Å². The first-order valence-electron chi connectivity index (χ1n) is 6.73. The Morgan fingerprint density at radius 1 is 1.53 bits per heavy atom. The van der Waals surface area contributed by atoms with Crippen molar-refractivity contribution in [1.82, 2.24) is 14.3 Å². The Morgan fingerprint density at radius 3 is 3.21 bits per heavy atom. The number of rotatable bonds is 3. The number of hydrogen-bond donors (Lipinski definition) is 1. The normalized spacial score (nSPS) is 21.1. The van der Waals surface area contributed by atoms with E-state index in [4.69, 9.17) is 15.5 Å². The first-order chi connectivity index (χ1) is 9.26. The van der Waals surface area contributed by atoms with Gasteiger partial charge in [0.15, 0.2) is 0 Å². The topological polar surface area (TPSA) is 55.8 Å². The Balaban J connectivity index is 1.76. The molecule has 0 aromatic carbocycles. The van der Waals surface area contributed by atoms with Crippen LogP contribution in [0.15, 0.2) is 24.5 Å². The molecule has 2 N–H and O–H groups in total. The van der Waals surface area contributed by atoms with Crippen LogP contribution < -0.4 is 5.73 Å². The van der Waals surface area contributed by atoms with Crippen molar-refractivity contribution >= 4 is 5.65 Å². The van der Waals surface area contributed by atoms with Crippen molar-refractivity contribution in [2.24, 2.45) is 5.73 Å². The lowest BCUT2D eigenvalue weighted by Crippen LogP contribution is -2.45. The number of morpholine rings is 1. The zero-order valence-corrected chi connectivity index (χ0v) is 11.2. The van der Waals surface area contributed by atoms with Gasteiger partial charge in [-0.3, -0.25) is 4.90 Å². The van der Waals surface area contributed by atoms with E-state index in [-0.39, 0.29) is 6.10 Å². The molecule has 5 heteroatoms. The Labute approximate surface area is 113 Å². The number of nitrogens with two attached hydrogens (primary N) is 1. The average Bonchev–Trinajstić information content (AvgIpc) is 2.83. The van der Waals surface area contributed by atoms with Crippen LogP contribution in [0, 0.1) is 6.92 Å². The second-order valence-electron chi connectivity index (χ2n) is 5.12. The maximum absolute atomic E-state index is 5.67. The molecule has 2 aromatic rings. The number of ether oxygens (including phenoxy) is 1. The molecule has 5 nitrogen and oxygen atoms in total. The summed E-state index contributed by atoms with van der Waals surface area (Å²) >= 11 is 0. The highest BCUT2D eigenvalue weighted by atomic mass is 16.5. The third-order valence-electron chi connectivity index (χ3n) is 3.60. The SMILES string of the molecule is Cc1cccn2cc(CN3CCOC(CN)C3)nc12. The number of aryl methyl sites for hydroxylation is 1. The minimum atomic E-state index is 0.160. The largest absolute Gasteiger partial charge is 0.374 e. The molecule has 0 radical (unpaired) electrons. The quantitative estimate of drug-likeness (QED) is 0.887. The number of imidazole rings is 1. The van der Waals surface area contributed by atoms with E-state index < -0.39 is 0 Å². The molecule has 3 heterocycles. The summed E-state index contributed by atoms with van der Waals surface area (Å²) in [5, 5.41) is 0. The summed E-state index contributed by atoms with van der Waals surface area (Å²) in [6.07, 6.45) is 4.31. The minimum Gasteiger partial charge on any atom is -0.374 e. The summed E-state index contributed by atoms with van der Waals surface area (Å²) < 4.78 is 7.67. The molecule has 0 saturated carbocycles. The predicted molar refractivity (Wildman–Crippen MR) is 74.0 cm³/mol. The average molecular weight is 260 g/mol. The molecule has 1 aliphatic heterocycles. The highest BCUT2D eigenvalue weighted by Gasteiger charge is 2.20. The number of hydrogen-bond acceptors (Lipinski definition) is 4. The first kappa shape index (κ1) is 12.6. The van der Waals surface area contributed by atoms with E-state index in [2.05, 4.69) is 28.5 Å². The van der Waals surface area contributed by atoms with Gasteiger partial charge < -0.3 is 14.9 Å². The first-order valence-corrected chi connectivity index (χ1v) is 6.73. The van der Waals surface area contributed by atoms with Crippen LogP contribution in [0.4, 0.5) is 0 Å². The van der Waals surface area contributed by atoms with Gasteiger partial charge in [-0.25, -0.2) is 4.98 Å². The predicted octanol–water partition coefficient (Wildman–Crippen LogP) is 0.802. The highest BCUT2D eigenvalue weighted by molar-refractivity contribution is 5.47. The van der Waals surface area contributed by atoms with Gasteiger partial charge in [0.25, 0.3) is 0 Å². The van der Waals surface area contributed by atoms with Gasteiger partial charge in [-0.2, -0.15) is 0 Å². The van der Waals surface area contributed by atoms with Crippen LogP contribution in [0.1, 0.15) is 11.3 Å². The van der Waals surface area contributed by atoms with Crippen LogP contribution in [0.5, 0.6) is 0 Å². The summed E-state index contributed by atoms with van der Waals surface area (Å²) in [5.74, 6) is 0. The van der Waals surface area contributed by atoms with Gasteiger partial charge in [-0.1, -0.05) is 6.07 Å². The zero-order chi connectivity index (χ0) is 13.2. The lowest BCUT2D eigenvalue weighted by Gasteiger charge is -2.31. The fourth-order valence-corrected chi connectivity index (χ4v) is 2.58. The van der Waals surface area contributed by atoms with Crippen LogP contribution in [0.25, 0.3) is 5.65 Å². The standard InChI is InChI=1S/C14H20N4O/c1-11-3-2-4-18-9-12(16-14(11)18)8-17-5-6-19-13(7-15)10-17/h2-4,9,13H,5-8,10,15H2,1H3. The maximum atomic E-state index is 5.67. The fraction of sp³-hybridized carbons (Fsp3) is 0.500. The number of pyridine rings is 1. The van der Waals surface area contributed by atoms with E-state index in [1.165, 1.54) is 5.56 Å². The van der Waals surface area contributed by atoms with Crippen LogP contribution in [0.2, 0.25) is 0 Å². The Hall–Kier alpha value is -1.43. The summed E-state index contributed by atoms with van der Waals surface area (Å²) in [5.41, 5.74) is 9.02. The van der Waals surface area contributed by atoms with E-state index in [0.29, 0.717) is 6.54 Å². The molecule has 0 amide bonds. The van der Waals surface area contributed by atoms with Crippen molar-refractivity contribution in [3.05, 3.63) is 35.8 Å². The second-order valence-corrected chi connectivity index (χ2v) is 5.12. The molecule has 1 saturated heterocycles. The number of aromatic nitrogens is 2. The number of fused-ring (bicyclic) bond motifs is 1. The van der Waals surface area contributed by atoms with E-state index in [9.17, 15) is 0 Å². The third kappa shape index (κ3) is 2.63. The highest BCUT2D eigenvalue weighted by Crippen LogP contribution is 2.13. The lowest BCUT2D eigenvalue weighted by atomic mass is 10.2. The minimum absolute atomic E-state index is 0.160. The molecule has 1 unspecified atom stereocenters. The zero-order valence-electron chi connectivity index (χ0n) is 11.2. The molecular weight excluding hydrogens is 240 g/mol. The summed E-state index contributed by atoms with van der Waals surface area (Å²) in [4.78, 5) is 7.07. The molecule has 2 aromatic heterocycles. The van der Waals surface area contributed by atoms with Crippen molar-refractivity contribution in [2.45, 2.75) is 19.6 Å². The van der Waals surface area contributed by atoms with E-state index >= 15 is 0 Å². The van der Waals surface area contributed by atoms with Crippen LogP contribution >= 0.6 is 0 Å². The van der Waals surface area contributed by atoms with Gasteiger partial charge >= 0.3 is 0 Å². The van der Waals surface area contributed by atoms with Gasteiger partial charge in [0, 0.05) is 38.6 Å². The molecular formula is C14H20N4O. The van der Waals surface area contributed by atoms with E-state index in [0.717, 1.165) is 37.6 Å². The van der Waals surface area contributed by atoms with Gasteiger partial charge in [0.05, 0.1) is 18.4 Å². The molecule has 1 fully saturated rings. The molecule has 1 atom stereocenters. The van der Waals surface area contributed by atoms with Crippen molar-refractivity contribution in [3.8, 4) is 0 Å². The second kappa shape index (κ2) is 5.28. The van der Waals surface area contributed by atoms with E-state index in [1.54, 1.807) is 0 Å². The van der Waals surface area contributed by atoms with E-state index in [1.807, 2.05) is 12.3 Å². The molecule has 1 aliphatic rings. The Morgan fingerprint density at radius 2 is 2.42 bits per heavy atom. The number of nitrogens with zero attached hydrogens (tertiary/aromatic N) is 3. The summed E-state index contributed by atoms with van der Waals surface area (Å²) in [6.45, 7) is 6.13. The maximum Gasteiger partial charge on any atom is 0.139 e. The molecule has 3 rings (SSSR count). The van der Waals surface area contributed by atoms with Crippen molar-refractivity contribution < 1.29 is 4.74 Å². The van der Waals surface area contributed by atoms with Crippen LogP contribution in [-0.4, -0.2) is 46.6 Å². The molecule has 0 spiro atoms.